The lowest BCUT2D eigenvalue weighted by Crippen LogP contribution is -2.12. The minimum Gasteiger partial charge on any atom is -0.497 e. The molecule has 6 heteroatoms. The van der Waals surface area contributed by atoms with Crippen molar-refractivity contribution < 1.29 is 18.7 Å². The molecule has 28 heavy (non-hydrogen) atoms. The fraction of sp³-hybridized carbons (Fsp3) is 0.318. The minimum atomic E-state index is 0.394. The maximum absolute atomic E-state index is 5.93. The molecule has 3 aromatic rings. The fourth-order valence-corrected chi connectivity index (χ4v) is 2.93. The van der Waals surface area contributed by atoms with Gasteiger partial charge in [-0.1, -0.05) is 23.4 Å². The molecule has 0 fully saturated rings. The standard InChI is InChI=1S/C22H26N2O4/c1-15-20(16(2)28-24-15)14-27-21-9-8-18(11-22(21)26-4)13-23-12-17-6-5-7-19(10-17)25-3/h5-11,23H,12-14H2,1-4H3. The molecular weight excluding hydrogens is 356 g/mol. The summed E-state index contributed by atoms with van der Waals surface area (Å²) < 4.78 is 21.9. The van der Waals surface area contributed by atoms with Gasteiger partial charge in [-0.05, 0) is 49.2 Å². The molecule has 0 unspecified atom stereocenters. The number of nitrogens with one attached hydrogen (secondary N) is 1. The first-order chi connectivity index (χ1) is 13.6. The van der Waals surface area contributed by atoms with Gasteiger partial charge in [-0.25, -0.2) is 0 Å². The third-order valence-electron chi connectivity index (χ3n) is 4.57. The molecule has 0 spiro atoms. The molecule has 0 aliphatic rings. The molecular formula is C22H26N2O4. The molecule has 1 N–H and O–H groups in total. The van der Waals surface area contributed by atoms with E-state index < -0.39 is 0 Å². The second kappa shape index (κ2) is 9.28. The number of rotatable bonds is 9. The van der Waals surface area contributed by atoms with Crippen molar-refractivity contribution in [3.8, 4) is 17.2 Å². The highest BCUT2D eigenvalue weighted by Gasteiger charge is 2.12. The number of hydrogen-bond acceptors (Lipinski definition) is 6. The van der Waals surface area contributed by atoms with E-state index in [1.54, 1.807) is 14.2 Å². The van der Waals surface area contributed by atoms with Gasteiger partial charge in [0, 0.05) is 13.1 Å². The summed E-state index contributed by atoms with van der Waals surface area (Å²) in [6.45, 7) is 5.66. The molecule has 0 bridgehead atoms. The predicted molar refractivity (Wildman–Crippen MR) is 107 cm³/mol. The van der Waals surface area contributed by atoms with E-state index in [2.05, 4.69) is 16.5 Å². The van der Waals surface area contributed by atoms with Crippen LogP contribution in [0.1, 0.15) is 28.1 Å². The summed E-state index contributed by atoms with van der Waals surface area (Å²) in [5, 5.41) is 7.39. The Morgan fingerprint density at radius 2 is 1.71 bits per heavy atom. The van der Waals surface area contributed by atoms with Gasteiger partial charge < -0.3 is 24.1 Å². The lowest BCUT2D eigenvalue weighted by Gasteiger charge is -2.13. The zero-order valence-corrected chi connectivity index (χ0v) is 16.7. The number of aromatic nitrogens is 1. The molecule has 0 atom stereocenters. The van der Waals surface area contributed by atoms with Gasteiger partial charge in [0.05, 0.1) is 25.5 Å². The fourth-order valence-electron chi connectivity index (χ4n) is 2.93. The van der Waals surface area contributed by atoms with Crippen LogP contribution in [0.4, 0.5) is 0 Å². The van der Waals surface area contributed by atoms with Crippen molar-refractivity contribution >= 4 is 0 Å². The van der Waals surface area contributed by atoms with Crippen LogP contribution in [0.15, 0.2) is 47.0 Å². The summed E-state index contributed by atoms with van der Waals surface area (Å²) in [6, 6.07) is 14.0. The number of methoxy groups -OCH3 is 2. The van der Waals surface area contributed by atoms with E-state index in [9.17, 15) is 0 Å². The summed E-state index contributed by atoms with van der Waals surface area (Å²) >= 11 is 0. The average molecular weight is 382 g/mol. The Labute approximate surface area is 165 Å². The van der Waals surface area contributed by atoms with E-state index in [0.29, 0.717) is 18.1 Å². The first-order valence-electron chi connectivity index (χ1n) is 9.16. The molecule has 0 saturated heterocycles. The second-order valence-corrected chi connectivity index (χ2v) is 6.53. The molecule has 0 aliphatic carbocycles. The Bertz CT molecular complexity index is 901. The van der Waals surface area contributed by atoms with E-state index in [1.807, 2.05) is 50.2 Å². The van der Waals surface area contributed by atoms with Crippen molar-refractivity contribution in [3.05, 3.63) is 70.6 Å². The average Bonchev–Trinajstić information content (AvgIpc) is 3.04. The Hall–Kier alpha value is -2.99. The van der Waals surface area contributed by atoms with Gasteiger partial charge in [0.25, 0.3) is 0 Å². The number of hydrogen-bond donors (Lipinski definition) is 1. The largest absolute Gasteiger partial charge is 0.497 e. The van der Waals surface area contributed by atoms with Crippen molar-refractivity contribution in [3.63, 3.8) is 0 Å². The van der Waals surface area contributed by atoms with Crippen molar-refractivity contribution in [2.24, 2.45) is 0 Å². The summed E-state index contributed by atoms with van der Waals surface area (Å²) in [6.07, 6.45) is 0. The van der Waals surface area contributed by atoms with Crippen molar-refractivity contribution in [1.29, 1.82) is 0 Å². The van der Waals surface area contributed by atoms with Crippen molar-refractivity contribution in [2.45, 2.75) is 33.5 Å². The van der Waals surface area contributed by atoms with E-state index in [1.165, 1.54) is 5.56 Å². The highest BCUT2D eigenvalue weighted by molar-refractivity contribution is 5.43. The van der Waals surface area contributed by atoms with Gasteiger partial charge in [0.2, 0.25) is 0 Å². The van der Waals surface area contributed by atoms with E-state index >= 15 is 0 Å². The van der Waals surface area contributed by atoms with Crippen molar-refractivity contribution in [2.75, 3.05) is 14.2 Å². The third kappa shape index (κ3) is 4.84. The highest BCUT2D eigenvalue weighted by Crippen LogP contribution is 2.29. The lowest BCUT2D eigenvalue weighted by atomic mass is 10.1. The summed E-state index contributed by atoms with van der Waals surface area (Å²) in [7, 11) is 3.32. The topological polar surface area (TPSA) is 65.8 Å². The van der Waals surface area contributed by atoms with E-state index in [0.717, 1.165) is 41.4 Å². The molecule has 1 heterocycles. The van der Waals surface area contributed by atoms with Crippen molar-refractivity contribution in [1.82, 2.24) is 10.5 Å². The molecule has 0 radical (unpaired) electrons. The van der Waals surface area contributed by atoms with Crippen LogP contribution in [0, 0.1) is 13.8 Å². The van der Waals surface area contributed by atoms with Gasteiger partial charge >= 0.3 is 0 Å². The number of ether oxygens (including phenoxy) is 3. The molecule has 148 valence electrons. The Morgan fingerprint density at radius 1 is 0.929 bits per heavy atom. The van der Waals surface area contributed by atoms with E-state index in [4.69, 9.17) is 18.7 Å². The van der Waals surface area contributed by atoms with Crippen LogP contribution in [-0.4, -0.2) is 19.4 Å². The summed E-state index contributed by atoms with van der Waals surface area (Å²) in [5.74, 6) is 3.03. The quantitative estimate of drug-likeness (QED) is 0.599. The van der Waals surface area contributed by atoms with Gasteiger partial charge in [-0.2, -0.15) is 0 Å². The minimum absolute atomic E-state index is 0.394. The monoisotopic (exact) mass is 382 g/mol. The molecule has 0 amide bonds. The third-order valence-corrected chi connectivity index (χ3v) is 4.57. The van der Waals surface area contributed by atoms with Gasteiger partial charge in [0.1, 0.15) is 18.1 Å². The smallest absolute Gasteiger partial charge is 0.161 e. The summed E-state index contributed by atoms with van der Waals surface area (Å²) in [4.78, 5) is 0. The van der Waals surface area contributed by atoms with Crippen LogP contribution in [0.25, 0.3) is 0 Å². The Morgan fingerprint density at radius 3 is 2.39 bits per heavy atom. The lowest BCUT2D eigenvalue weighted by molar-refractivity contribution is 0.281. The van der Waals surface area contributed by atoms with Crippen LogP contribution in [0.2, 0.25) is 0 Å². The Balaban J connectivity index is 1.59. The normalized spacial score (nSPS) is 10.7. The number of aryl methyl sites for hydroxylation is 2. The predicted octanol–water partition coefficient (Wildman–Crippen LogP) is 4.18. The van der Waals surface area contributed by atoms with Gasteiger partial charge in [-0.3, -0.25) is 0 Å². The SMILES string of the molecule is COc1cccc(CNCc2ccc(OCc3c(C)noc3C)c(OC)c2)c1. The van der Waals surface area contributed by atoms with E-state index in [-0.39, 0.29) is 0 Å². The maximum Gasteiger partial charge on any atom is 0.161 e. The van der Waals surface area contributed by atoms with Crippen LogP contribution >= 0.6 is 0 Å². The Kier molecular flexibility index (Phi) is 6.55. The number of benzene rings is 2. The zero-order valence-electron chi connectivity index (χ0n) is 16.7. The van der Waals surface area contributed by atoms with Crippen LogP contribution < -0.4 is 19.5 Å². The highest BCUT2D eigenvalue weighted by atomic mass is 16.5. The van der Waals surface area contributed by atoms with Gasteiger partial charge in [-0.15, -0.1) is 0 Å². The first kappa shape index (κ1) is 19.8. The summed E-state index contributed by atoms with van der Waals surface area (Å²) in [5.41, 5.74) is 4.09. The van der Waals surface area contributed by atoms with Crippen LogP contribution in [0.3, 0.4) is 0 Å². The second-order valence-electron chi connectivity index (χ2n) is 6.53. The zero-order chi connectivity index (χ0) is 19.9. The maximum atomic E-state index is 5.93. The van der Waals surface area contributed by atoms with Crippen LogP contribution in [-0.2, 0) is 19.7 Å². The molecule has 3 rings (SSSR count). The molecule has 0 aliphatic heterocycles. The molecule has 1 aromatic heterocycles. The molecule has 0 saturated carbocycles. The van der Waals surface area contributed by atoms with Crippen LogP contribution in [0.5, 0.6) is 17.2 Å². The first-order valence-corrected chi connectivity index (χ1v) is 9.16. The molecule has 2 aromatic carbocycles. The molecule has 6 nitrogen and oxygen atoms in total. The number of nitrogens with zero attached hydrogens (tertiary/aromatic N) is 1. The van der Waals surface area contributed by atoms with Gasteiger partial charge in [0.15, 0.2) is 11.5 Å².